The maximum Gasteiger partial charge on any atom is 0.173 e. The fourth-order valence-corrected chi connectivity index (χ4v) is 9.72. The van der Waals surface area contributed by atoms with Gasteiger partial charge in [0.25, 0.3) is 0 Å². The molecule has 0 amide bonds. The molecule has 0 spiro atoms. The molecular weight excluding hydrogens is 408 g/mol. The molecule has 4 aliphatic carbocycles. The highest BCUT2D eigenvalue weighted by atomic mass is 16.2. The summed E-state index contributed by atoms with van der Waals surface area (Å²) in [6.07, 6.45) is 8.97. The van der Waals surface area contributed by atoms with Crippen molar-refractivity contribution in [1.82, 2.24) is 0 Å². The number of unbranched alkanes of at least 4 members (excludes halogenated alkanes) is 1. The Labute approximate surface area is 201 Å². The molecule has 9 atom stereocenters. The maximum absolute atomic E-state index is 14.4. The van der Waals surface area contributed by atoms with E-state index in [1.54, 1.807) is 0 Å². The lowest BCUT2D eigenvalue weighted by atomic mass is 9.36. The Hall–Kier alpha value is -1.25. The Morgan fingerprint density at radius 2 is 1.76 bits per heavy atom. The summed E-state index contributed by atoms with van der Waals surface area (Å²) in [5.74, 6) is 1.96. The fraction of sp³-hybridized carbons (Fsp3) is 0.833. The summed E-state index contributed by atoms with van der Waals surface area (Å²) in [5.41, 5.74) is 0.414. The zero-order valence-electron chi connectivity index (χ0n) is 22.3. The molecule has 3 nitrogen and oxygen atoms in total. The molecule has 0 bridgehead atoms. The molecule has 0 aromatic carbocycles. The van der Waals surface area contributed by atoms with Crippen molar-refractivity contribution >= 4 is 17.3 Å². The first-order valence-electron chi connectivity index (χ1n) is 13.6. The van der Waals surface area contributed by atoms with Gasteiger partial charge in [-0.2, -0.15) is 0 Å². The zero-order valence-corrected chi connectivity index (χ0v) is 22.3. The minimum absolute atomic E-state index is 0.00300. The summed E-state index contributed by atoms with van der Waals surface area (Å²) in [7, 11) is 0. The Balaban J connectivity index is 1.79. The third-order valence-electron chi connectivity index (χ3n) is 11.3. The average molecular weight is 455 g/mol. The third-order valence-corrected chi connectivity index (χ3v) is 11.3. The Kier molecular flexibility index (Phi) is 6.15. The number of hydrogen-bond acceptors (Lipinski definition) is 3. The van der Waals surface area contributed by atoms with Crippen molar-refractivity contribution in [2.24, 2.45) is 51.8 Å². The smallest absolute Gasteiger partial charge is 0.173 e. The summed E-state index contributed by atoms with van der Waals surface area (Å²) < 4.78 is 0. The van der Waals surface area contributed by atoms with Crippen molar-refractivity contribution in [2.45, 2.75) is 107 Å². The Bertz CT molecular complexity index is 896. The van der Waals surface area contributed by atoms with Crippen LogP contribution in [-0.4, -0.2) is 17.3 Å². The van der Waals surface area contributed by atoms with Crippen molar-refractivity contribution in [3.05, 3.63) is 11.1 Å². The number of ketones is 3. The minimum Gasteiger partial charge on any atom is -0.299 e. The summed E-state index contributed by atoms with van der Waals surface area (Å²) in [4.78, 5) is 40.8. The highest BCUT2D eigenvalue weighted by Crippen LogP contribution is 2.70. The van der Waals surface area contributed by atoms with Gasteiger partial charge in [-0.15, -0.1) is 0 Å². The van der Waals surface area contributed by atoms with E-state index in [1.165, 1.54) is 32.6 Å². The third kappa shape index (κ3) is 3.38. The Morgan fingerprint density at radius 1 is 1.09 bits per heavy atom. The van der Waals surface area contributed by atoms with Crippen LogP contribution in [0.4, 0.5) is 0 Å². The number of hydrogen-bond donors (Lipinski definition) is 0. The number of Topliss-reactive ketones (excluding diaryl/α,β-unsaturated/α-hetero) is 3. The zero-order chi connectivity index (χ0) is 24.5. The van der Waals surface area contributed by atoms with Crippen LogP contribution < -0.4 is 0 Å². The maximum atomic E-state index is 14.4. The second kappa shape index (κ2) is 8.16. The molecule has 184 valence electrons. The predicted molar refractivity (Wildman–Crippen MR) is 133 cm³/mol. The highest BCUT2D eigenvalue weighted by Gasteiger charge is 2.69. The summed E-state index contributed by atoms with van der Waals surface area (Å²) >= 11 is 0. The first kappa shape index (κ1) is 24.9. The molecule has 9 unspecified atom stereocenters. The van der Waals surface area contributed by atoms with E-state index < -0.39 is 5.41 Å². The van der Waals surface area contributed by atoms with Crippen LogP contribution in [0.25, 0.3) is 0 Å². The molecule has 3 heteroatoms. The van der Waals surface area contributed by atoms with Crippen molar-refractivity contribution in [3.63, 3.8) is 0 Å². The van der Waals surface area contributed by atoms with Crippen LogP contribution in [-0.2, 0) is 14.4 Å². The van der Waals surface area contributed by atoms with E-state index in [0.717, 1.165) is 31.3 Å². The SMILES string of the molecule is CCCCC1CCC(C)C2C(=O)C3C(C)C4(C)C(=O)C(C(C)=O)=C(C)CC4(C)CC3(C)CC12. The van der Waals surface area contributed by atoms with E-state index in [0.29, 0.717) is 29.1 Å². The molecule has 4 aliphatic rings. The number of carbonyl (C=O) groups is 3. The quantitative estimate of drug-likeness (QED) is 0.431. The van der Waals surface area contributed by atoms with Crippen molar-refractivity contribution in [3.8, 4) is 0 Å². The topological polar surface area (TPSA) is 51.2 Å². The van der Waals surface area contributed by atoms with Crippen LogP contribution in [0.1, 0.15) is 107 Å². The van der Waals surface area contributed by atoms with Gasteiger partial charge in [0.15, 0.2) is 11.6 Å². The average Bonchev–Trinajstić information content (AvgIpc) is 2.69. The van der Waals surface area contributed by atoms with Gasteiger partial charge in [0.1, 0.15) is 5.78 Å². The first-order chi connectivity index (χ1) is 15.3. The summed E-state index contributed by atoms with van der Waals surface area (Å²) in [6.45, 7) is 17.0. The highest BCUT2D eigenvalue weighted by molar-refractivity contribution is 6.22. The van der Waals surface area contributed by atoms with E-state index >= 15 is 0 Å². The van der Waals surface area contributed by atoms with Crippen LogP contribution in [0.2, 0.25) is 0 Å². The number of allylic oxidation sites excluding steroid dienone is 2. The molecule has 0 aliphatic heterocycles. The van der Waals surface area contributed by atoms with Gasteiger partial charge in [0.2, 0.25) is 0 Å². The van der Waals surface area contributed by atoms with E-state index in [-0.39, 0.29) is 40.2 Å². The molecular formula is C30H46O3. The summed E-state index contributed by atoms with van der Waals surface area (Å²) in [6, 6.07) is 0. The molecule has 33 heavy (non-hydrogen) atoms. The molecule has 0 N–H and O–H groups in total. The lowest BCUT2D eigenvalue weighted by molar-refractivity contribution is -0.189. The molecule has 0 radical (unpaired) electrons. The van der Waals surface area contributed by atoms with Gasteiger partial charge in [-0.25, -0.2) is 0 Å². The fourth-order valence-electron chi connectivity index (χ4n) is 9.72. The molecule has 0 aromatic rings. The normalized spacial score (nSPS) is 47.6. The van der Waals surface area contributed by atoms with Gasteiger partial charge < -0.3 is 0 Å². The van der Waals surface area contributed by atoms with Crippen LogP contribution in [0.3, 0.4) is 0 Å². The molecule has 0 heterocycles. The Morgan fingerprint density at radius 3 is 2.36 bits per heavy atom. The van der Waals surface area contributed by atoms with Crippen LogP contribution >= 0.6 is 0 Å². The number of rotatable bonds is 4. The molecule has 4 rings (SSSR count). The van der Waals surface area contributed by atoms with Crippen molar-refractivity contribution < 1.29 is 14.4 Å². The van der Waals surface area contributed by atoms with Crippen LogP contribution in [0.15, 0.2) is 11.1 Å². The molecule has 3 saturated carbocycles. The van der Waals surface area contributed by atoms with E-state index in [1.807, 2.05) is 6.92 Å². The minimum atomic E-state index is -0.667. The monoisotopic (exact) mass is 454 g/mol. The molecule has 0 aromatic heterocycles. The van der Waals surface area contributed by atoms with E-state index in [2.05, 4.69) is 41.5 Å². The van der Waals surface area contributed by atoms with Gasteiger partial charge in [0.05, 0.1) is 5.57 Å². The first-order valence-corrected chi connectivity index (χ1v) is 13.6. The number of carbonyl (C=O) groups excluding carboxylic acids is 3. The van der Waals surface area contributed by atoms with E-state index in [9.17, 15) is 14.4 Å². The van der Waals surface area contributed by atoms with Crippen molar-refractivity contribution in [1.29, 1.82) is 0 Å². The van der Waals surface area contributed by atoms with Gasteiger partial charge in [-0.3, -0.25) is 14.4 Å². The summed E-state index contributed by atoms with van der Waals surface area (Å²) in [5, 5.41) is 0. The van der Waals surface area contributed by atoms with Gasteiger partial charge >= 0.3 is 0 Å². The van der Waals surface area contributed by atoms with E-state index in [4.69, 9.17) is 0 Å². The molecule has 3 fully saturated rings. The lowest BCUT2D eigenvalue weighted by Crippen LogP contribution is -2.66. The second-order valence-electron chi connectivity index (χ2n) is 13.3. The predicted octanol–water partition coefficient (Wildman–Crippen LogP) is 6.98. The lowest BCUT2D eigenvalue weighted by Gasteiger charge is -2.66. The van der Waals surface area contributed by atoms with Crippen LogP contribution in [0, 0.1) is 51.8 Å². The second-order valence-corrected chi connectivity index (χ2v) is 13.3. The van der Waals surface area contributed by atoms with Gasteiger partial charge in [-0.05, 0) is 80.5 Å². The van der Waals surface area contributed by atoms with Gasteiger partial charge in [-0.1, -0.05) is 66.4 Å². The number of fused-ring (bicyclic) bond motifs is 3. The van der Waals surface area contributed by atoms with Crippen LogP contribution in [0.5, 0.6) is 0 Å². The van der Waals surface area contributed by atoms with Crippen molar-refractivity contribution in [2.75, 3.05) is 0 Å². The largest absolute Gasteiger partial charge is 0.299 e. The van der Waals surface area contributed by atoms with Gasteiger partial charge in [0, 0.05) is 17.3 Å². The standard InChI is InChI=1S/C30H46O3/c1-9-10-11-21-13-12-17(2)24-22(21)15-28(6)16-29(7)14-18(3)23(20(5)31)27(33)30(29,8)19(4)25(28)26(24)32/h17,19,21-22,24-25H,9-16H2,1-8H3. The molecule has 0 saturated heterocycles.